The summed E-state index contributed by atoms with van der Waals surface area (Å²) in [7, 11) is 0. The van der Waals surface area contributed by atoms with E-state index in [-0.39, 0.29) is 5.54 Å². The molecule has 2 rings (SSSR count). The van der Waals surface area contributed by atoms with Gasteiger partial charge in [0, 0.05) is 18.7 Å². The molecule has 0 unspecified atom stereocenters. The summed E-state index contributed by atoms with van der Waals surface area (Å²) in [4.78, 5) is 0. The molecule has 3 heteroatoms. The molecule has 0 saturated heterocycles. The molecule has 0 aliphatic heterocycles. The van der Waals surface area contributed by atoms with E-state index < -0.39 is 0 Å². The Morgan fingerprint density at radius 1 is 1.50 bits per heavy atom. The monoisotopic (exact) mass is 211 g/mol. The van der Waals surface area contributed by atoms with Crippen LogP contribution in [0.3, 0.4) is 0 Å². The minimum atomic E-state index is 0.247. The zero-order valence-corrected chi connectivity index (χ0v) is 9.15. The van der Waals surface area contributed by atoms with E-state index in [0.717, 1.165) is 13.0 Å². The second-order valence-corrected chi connectivity index (χ2v) is 4.87. The number of aliphatic hydroxyl groups excluding tert-OH is 1. The molecule has 0 radical (unpaired) electrons. The van der Waals surface area contributed by atoms with Crippen LogP contribution in [-0.2, 0) is 6.54 Å². The van der Waals surface area contributed by atoms with Gasteiger partial charge in [-0.2, -0.15) is 11.3 Å². The second kappa shape index (κ2) is 4.43. The van der Waals surface area contributed by atoms with Crippen LogP contribution in [-0.4, -0.2) is 17.3 Å². The second-order valence-electron chi connectivity index (χ2n) is 4.09. The number of rotatable bonds is 5. The number of hydrogen-bond donors (Lipinski definition) is 2. The number of thiophene rings is 1. The lowest BCUT2D eigenvalue weighted by atomic mass is 9.74. The van der Waals surface area contributed by atoms with Crippen LogP contribution in [0.4, 0.5) is 0 Å². The fourth-order valence-electron chi connectivity index (χ4n) is 2.02. The molecule has 1 heterocycles. The third-order valence-electron chi connectivity index (χ3n) is 3.15. The Kier molecular flexibility index (Phi) is 3.21. The van der Waals surface area contributed by atoms with E-state index in [0.29, 0.717) is 6.61 Å². The van der Waals surface area contributed by atoms with Gasteiger partial charge >= 0.3 is 0 Å². The van der Waals surface area contributed by atoms with Crippen LogP contribution in [0, 0.1) is 0 Å². The Morgan fingerprint density at radius 2 is 2.36 bits per heavy atom. The van der Waals surface area contributed by atoms with Gasteiger partial charge in [0.1, 0.15) is 0 Å². The molecule has 1 fully saturated rings. The maximum atomic E-state index is 8.99. The molecule has 1 aliphatic carbocycles. The van der Waals surface area contributed by atoms with E-state index in [1.807, 2.05) is 0 Å². The highest BCUT2D eigenvalue weighted by atomic mass is 32.1. The largest absolute Gasteiger partial charge is 0.396 e. The van der Waals surface area contributed by atoms with Crippen LogP contribution in [0.1, 0.15) is 31.2 Å². The molecular weight excluding hydrogens is 194 g/mol. The van der Waals surface area contributed by atoms with Crippen molar-refractivity contribution in [1.82, 2.24) is 5.32 Å². The van der Waals surface area contributed by atoms with Crippen LogP contribution >= 0.6 is 11.3 Å². The molecule has 78 valence electrons. The lowest BCUT2D eigenvalue weighted by molar-refractivity contribution is 0.130. The highest BCUT2D eigenvalue weighted by Crippen LogP contribution is 2.34. The zero-order valence-electron chi connectivity index (χ0n) is 8.33. The quantitative estimate of drug-likeness (QED) is 0.782. The summed E-state index contributed by atoms with van der Waals surface area (Å²) in [6.45, 7) is 1.25. The fraction of sp³-hybridized carbons (Fsp3) is 0.636. The van der Waals surface area contributed by atoms with Gasteiger partial charge < -0.3 is 10.4 Å². The number of nitrogens with one attached hydrogen (secondary N) is 1. The summed E-state index contributed by atoms with van der Waals surface area (Å²) in [5.41, 5.74) is 1.61. The third-order valence-corrected chi connectivity index (χ3v) is 3.88. The van der Waals surface area contributed by atoms with Gasteiger partial charge in [0.2, 0.25) is 0 Å². The molecule has 0 spiro atoms. The average Bonchev–Trinajstić information content (AvgIpc) is 2.62. The van der Waals surface area contributed by atoms with Gasteiger partial charge in [-0.3, -0.25) is 0 Å². The van der Waals surface area contributed by atoms with E-state index in [4.69, 9.17) is 5.11 Å². The van der Waals surface area contributed by atoms with Crippen molar-refractivity contribution >= 4 is 11.3 Å². The lowest BCUT2D eigenvalue weighted by Crippen LogP contribution is -2.51. The molecule has 1 aromatic rings. The Balaban J connectivity index is 1.83. The fourth-order valence-corrected chi connectivity index (χ4v) is 2.68. The summed E-state index contributed by atoms with van der Waals surface area (Å²) in [5, 5.41) is 16.9. The molecule has 1 aliphatic rings. The Morgan fingerprint density at radius 3 is 2.86 bits per heavy atom. The van der Waals surface area contributed by atoms with Gasteiger partial charge in [-0.05, 0) is 48.1 Å². The van der Waals surface area contributed by atoms with E-state index in [1.54, 1.807) is 11.3 Å². The van der Waals surface area contributed by atoms with Crippen molar-refractivity contribution in [1.29, 1.82) is 0 Å². The first-order chi connectivity index (χ1) is 6.85. The van der Waals surface area contributed by atoms with Crippen molar-refractivity contribution in [2.24, 2.45) is 0 Å². The normalized spacial score (nSPS) is 19.2. The Labute approximate surface area is 89.0 Å². The molecule has 14 heavy (non-hydrogen) atoms. The van der Waals surface area contributed by atoms with Gasteiger partial charge in [0.05, 0.1) is 0 Å². The molecule has 0 bridgehead atoms. The maximum absolute atomic E-state index is 8.99. The average molecular weight is 211 g/mol. The van der Waals surface area contributed by atoms with Crippen LogP contribution in [0.5, 0.6) is 0 Å². The maximum Gasteiger partial charge on any atom is 0.0448 e. The van der Waals surface area contributed by atoms with E-state index >= 15 is 0 Å². The minimum Gasteiger partial charge on any atom is -0.396 e. The van der Waals surface area contributed by atoms with Gasteiger partial charge in [-0.15, -0.1) is 0 Å². The Hall–Kier alpha value is -0.380. The molecule has 0 amide bonds. The first-order valence-electron chi connectivity index (χ1n) is 5.22. The lowest BCUT2D eigenvalue weighted by Gasteiger charge is -2.42. The van der Waals surface area contributed by atoms with Crippen molar-refractivity contribution in [2.75, 3.05) is 6.61 Å². The first kappa shape index (κ1) is 10.1. The van der Waals surface area contributed by atoms with Gasteiger partial charge in [-0.1, -0.05) is 0 Å². The van der Waals surface area contributed by atoms with Crippen LogP contribution < -0.4 is 5.32 Å². The molecule has 1 aromatic heterocycles. The van der Waals surface area contributed by atoms with E-state index in [9.17, 15) is 0 Å². The van der Waals surface area contributed by atoms with Crippen LogP contribution in [0.25, 0.3) is 0 Å². The smallest absolute Gasteiger partial charge is 0.0448 e. The molecular formula is C11H17NOS. The van der Waals surface area contributed by atoms with Crippen molar-refractivity contribution in [3.05, 3.63) is 22.4 Å². The Bertz CT molecular complexity index is 267. The van der Waals surface area contributed by atoms with Crippen molar-refractivity contribution in [2.45, 2.75) is 37.8 Å². The summed E-state index contributed by atoms with van der Waals surface area (Å²) in [6.07, 6.45) is 4.64. The molecule has 1 saturated carbocycles. The number of aliphatic hydroxyl groups is 1. The standard InChI is InChI=1S/C11H17NOS/c13-6-5-11(3-1-4-11)12-8-10-2-7-14-9-10/h2,7,9,12-13H,1,3-6,8H2. The summed E-state index contributed by atoms with van der Waals surface area (Å²) in [6, 6.07) is 2.16. The van der Waals surface area contributed by atoms with Gasteiger partial charge in [0.15, 0.2) is 0 Å². The van der Waals surface area contributed by atoms with Gasteiger partial charge in [0.25, 0.3) is 0 Å². The minimum absolute atomic E-state index is 0.247. The molecule has 2 N–H and O–H groups in total. The van der Waals surface area contributed by atoms with E-state index in [1.165, 1.54) is 24.8 Å². The van der Waals surface area contributed by atoms with Gasteiger partial charge in [-0.25, -0.2) is 0 Å². The van der Waals surface area contributed by atoms with Crippen LogP contribution in [0.2, 0.25) is 0 Å². The summed E-state index contributed by atoms with van der Waals surface area (Å²) in [5.74, 6) is 0. The highest BCUT2D eigenvalue weighted by molar-refractivity contribution is 7.07. The predicted molar refractivity (Wildman–Crippen MR) is 59.4 cm³/mol. The number of hydrogen-bond acceptors (Lipinski definition) is 3. The summed E-state index contributed by atoms with van der Waals surface area (Å²) < 4.78 is 0. The molecule has 2 nitrogen and oxygen atoms in total. The SMILES string of the molecule is OCCC1(NCc2ccsc2)CCC1. The highest BCUT2D eigenvalue weighted by Gasteiger charge is 2.35. The van der Waals surface area contributed by atoms with Crippen molar-refractivity contribution in [3.8, 4) is 0 Å². The topological polar surface area (TPSA) is 32.3 Å². The van der Waals surface area contributed by atoms with Crippen molar-refractivity contribution < 1.29 is 5.11 Å². The van der Waals surface area contributed by atoms with Crippen LogP contribution in [0.15, 0.2) is 16.8 Å². The third kappa shape index (κ3) is 2.16. The van der Waals surface area contributed by atoms with E-state index in [2.05, 4.69) is 22.1 Å². The predicted octanol–water partition coefficient (Wildman–Crippen LogP) is 2.14. The first-order valence-corrected chi connectivity index (χ1v) is 6.16. The summed E-state index contributed by atoms with van der Waals surface area (Å²) >= 11 is 1.74. The molecule has 0 aromatic carbocycles. The zero-order chi connectivity index (χ0) is 9.86. The molecule has 0 atom stereocenters. The van der Waals surface area contributed by atoms with Crippen molar-refractivity contribution in [3.63, 3.8) is 0 Å².